The Morgan fingerprint density at radius 3 is 2.47 bits per heavy atom. The Morgan fingerprint density at radius 2 is 1.73 bits per heavy atom. The summed E-state index contributed by atoms with van der Waals surface area (Å²) in [6.07, 6.45) is 18.8. The van der Waals surface area contributed by atoms with Gasteiger partial charge in [0.25, 0.3) is 0 Å². The van der Waals surface area contributed by atoms with E-state index in [9.17, 15) is 0 Å². The summed E-state index contributed by atoms with van der Waals surface area (Å²) in [5, 5.41) is 0.873. The first-order valence-corrected chi connectivity index (χ1v) is 13.6. The highest BCUT2D eigenvalue weighted by molar-refractivity contribution is 7.98. The van der Waals surface area contributed by atoms with Crippen molar-refractivity contribution < 1.29 is 0 Å². The maximum Gasteiger partial charge on any atom is 0.187 e. The molecule has 3 aliphatic rings. The lowest BCUT2D eigenvalue weighted by atomic mass is 9.95. The zero-order valence-corrected chi connectivity index (χ0v) is 19.8. The number of aromatic nitrogens is 2. The van der Waals surface area contributed by atoms with Gasteiger partial charge in [-0.15, -0.1) is 0 Å². The predicted octanol–water partition coefficient (Wildman–Crippen LogP) is 4.14. The van der Waals surface area contributed by atoms with Crippen molar-refractivity contribution in [1.29, 1.82) is 0 Å². The molecule has 0 aromatic carbocycles. The van der Waals surface area contributed by atoms with Crippen LogP contribution in [0.4, 0.5) is 0 Å². The summed E-state index contributed by atoms with van der Waals surface area (Å²) >= 11 is 1.62. The predicted molar refractivity (Wildman–Crippen MR) is 126 cm³/mol. The second-order valence-corrected chi connectivity index (χ2v) is 10.4. The molecule has 1 aromatic heterocycles. The second kappa shape index (κ2) is 11.8. The van der Waals surface area contributed by atoms with Gasteiger partial charge in [-0.3, -0.25) is 4.90 Å². The van der Waals surface area contributed by atoms with Crippen LogP contribution in [-0.2, 0) is 6.54 Å². The maximum atomic E-state index is 4.52. The lowest BCUT2D eigenvalue weighted by Crippen LogP contribution is -2.46. The molecule has 0 amide bonds. The Balaban J connectivity index is 1.35. The summed E-state index contributed by atoms with van der Waals surface area (Å²) in [4.78, 5) is 17.2. The molecule has 0 N–H and O–H groups in total. The van der Waals surface area contributed by atoms with Crippen molar-refractivity contribution in [2.75, 3.05) is 52.1 Å². The van der Waals surface area contributed by atoms with Crippen LogP contribution in [-0.4, -0.2) is 82.8 Å². The Bertz CT molecular complexity index is 613. The highest BCUT2D eigenvalue weighted by Gasteiger charge is 2.29. The van der Waals surface area contributed by atoms with Gasteiger partial charge >= 0.3 is 0 Å². The van der Waals surface area contributed by atoms with E-state index in [1.54, 1.807) is 11.8 Å². The molecule has 2 saturated heterocycles. The van der Waals surface area contributed by atoms with E-state index in [1.807, 2.05) is 18.6 Å². The topological polar surface area (TPSA) is 35.5 Å². The standard InChI is InChI=1S/C24H41N5S/c1-30-24-25-16-22(17-26-24)19-28(15-14-27-11-5-2-6-12-27)18-21-8-7-13-29(20-21)23-9-3-4-10-23/h16-17,21,23H,2-15,18-20H2,1H3/t21-/m1/s1. The number of thioether (sulfide) groups is 1. The van der Waals surface area contributed by atoms with E-state index in [2.05, 4.69) is 24.7 Å². The van der Waals surface area contributed by atoms with E-state index in [1.165, 1.54) is 109 Å². The van der Waals surface area contributed by atoms with Crippen LogP contribution >= 0.6 is 11.8 Å². The zero-order chi connectivity index (χ0) is 20.6. The van der Waals surface area contributed by atoms with Crippen LogP contribution < -0.4 is 0 Å². The Hall–Kier alpha value is -0.690. The van der Waals surface area contributed by atoms with Crippen LogP contribution in [0.3, 0.4) is 0 Å². The van der Waals surface area contributed by atoms with Crippen molar-refractivity contribution in [3.8, 4) is 0 Å². The average molecular weight is 432 g/mol. The van der Waals surface area contributed by atoms with Crippen molar-refractivity contribution in [3.63, 3.8) is 0 Å². The van der Waals surface area contributed by atoms with Crippen LogP contribution in [0.2, 0.25) is 0 Å². The van der Waals surface area contributed by atoms with E-state index in [-0.39, 0.29) is 0 Å². The monoisotopic (exact) mass is 431 g/mol. The minimum atomic E-state index is 0.812. The van der Waals surface area contributed by atoms with Gasteiger partial charge in [-0.1, -0.05) is 31.0 Å². The van der Waals surface area contributed by atoms with E-state index >= 15 is 0 Å². The molecule has 168 valence electrons. The molecule has 1 saturated carbocycles. The molecule has 3 fully saturated rings. The Morgan fingerprint density at radius 1 is 0.967 bits per heavy atom. The number of hydrogen-bond acceptors (Lipinski definition) is 6. The van der Waals surface area contributed by atoms with E-state index < -0.39 is 0 Å². The summed E-state index contributed by atoms with van der Waals surface area (Å²) in [6.45, 7) is 9.82. The summed E-state index contributed by atoms with van der Waals surface area (Å²) in [5.41, 5.74) is 1.26. The molecular formula is C24H41N5S. The van der Waals surface area contributed by atoms with Gasteiger partial charge in [0.15, 0.2) is 5.16 Å². The molecule has 6 heteroatoms. The van der Waals surface area contributed by atoms with Gasteiger partial charge in [0.1, 0.15) is 0 Å². The second-order valence-electron chi connectivity index (χ2n) is 9.66. The van der Waals surface area contributed by atoms with Gasteiger partial charge in [-0.25, -0.2) is 9.97 Å². The number of likely N-dealkylation sites (tertiary alicyclic amines) is 2. The lowest BCUT2D eigenvalue weighted by Gasteiger charge is -2.39. The maximum absolute atomic E-state index is 4.52. The molecule has 0 bridgehead atoms. The minimum Gasteiger partial charge on any atom is -0.302 e. The largest absolute Gasteiger partial charge is 0.302 e. The third kappa shape index (κ3) is 6.65. The third-order valence-corrected chi connectivity index (χ3v) is 7.94. The molecule has 1 atom stereocenters. The van der Waals surface area contributed by atoms with Crippen LogP contribution in [0.1, 0.15) is 63.4 Å². The zero-order valence-electron chi connectivity index (χ0n) is 19.0. The van der Waals surface area contributed by atoms with Crippen molar-refractivity contribution in [2.24, 2.45) is 5.92 Å². The Labute approximate surface area is 188 Å². The van der Waals surface area contributed by atoms with E-state index in [0.29, 0.717) is 0 Å². The SMILES string of the molecule is CSc1ncc(CN(CCN2CCCCC2)C[C@H]2CCCN(C3CCCC3)C2)cn1. The van der Waals surface area contributed by atoms with Gasteiger partial charge in [0.2, 0.25) is 0 Å². The molecule has 0 spiro atoms. The van der Waals surface area contributed by atoms with Gasteiger partial charge in [0.05, 0.1) is 0 Å². The van der Waals surface area contributed by atoms with Crippen LogP contribution in [0.15, 0.2) is 17.6 Å². The van der Waals surface area contributed by atoms with Gasteiger partial charge in [0, 0.05) is 56.7 Å². The molecule has 0 unspecified atom stereocenters. The molecule has 2 aliphatic heterocycles. The molecule has 30 heavy (non-hydrogen) atoms. The summed E-state index contributed by atoms with van der Waals surface area (Å²) in [5.74, 6) is 0.812. The number of piperidine rings is 2. The third-order valence-electron chi connectivity index (χ3n) is 7.36. The molecule has 1 aromatic rings. The smallest absolute Gasteiger partial charge is 0.187 e. The van der Waals surface area contributed by atoms with E-state index in [4.69, 9.17) is 0 Å². The average Bonchev–Trinajstić information content (AvgIpc) is 3.34. The molecule has 3 heterocycles. The van der Waals surface area contributed by atoms with Crippen molar-refractivity contribution in [1.82, 2.24) is 24.7 Å². The fourth-order valence-electron chi connectivity index (χ4n) is 5.70. The highest BCUT2D eigenvalue weighted by Crippen LogP contribution is 2.28. The highest BCUT2D eigenvalue weighted by atomic mass is 32.2. The molecule has 4 rings (SSSR count). The van der Waals surface area contributed by atoms with Crippen LogP contribution in [0, 0.1) is 5.92 Å². The van der Waals surface area contributed by atoms with Gasteiger partial charge in [-0.2, -0.15) is 0 Å². The number of hydrogen-bond donors (Lipinski definition) is 0. The quantitative estimate of drug-likeness (QED) is 0.432. The van der Waals surface area contributed by atoms with Crippen molar-refractivity contribution in [2.45, 2.75) is 75.5 Å². The molecular weight excluding hydrogens is 390 g/mol. The summed E-state index contributed by atoms with van der Waals surface area (Å²) in [7, 11) is 0. The summed E-state index contributed by atoms with van der Waals surface area (Å²) in [6, 6.07) is 0.877. The minimum absolute atomic E-state index is 0.812. The lowest BCUT2D eigenvalue weighted by molar-refractivity contribution is 0.0911. The van der Waals surface area contributed by atoms with Gasteiger partial charge in [-0.05, 0) is 70.3 Å². The van der Waals surface area contributed by atoms with Crippen LogP contribution in [0.5, 0.6) is 0 Å². The van der Waals surface area contributed by atoms with Crippen LogP contribution in [0.25, 0.3) is 0 Å². The first-order chi connectivity index (χ1) is 14.8. The van der Waals surface area contributed by atoms with Crippen molar-refractivity contribution >= 4 is 11.8 Å². The number of rotatable bonds is 9. The first-order valence-electron chi connectivity index (χ1n) is 12.3. The summed E-state index contributed by atoms with van der Waals surface area (Å²) < 4.78 is 0. The Kier molecular flexibility index (Phi) is 8.85. The molecule has 0 radical (unpaired) electrons. The van der Waals surface area contributed by atoms with Gasteiger partial charge < -0.3 is 9.80 Å². The molecule has 1 aliphatic carbocycles. The normalized spacial score (nSPS) is 24.7. The number of nitrogens with zero attached hydrogens (tertiary/aromatic N) is 5. The van der Waals surface area contributed by atoms with E-state index in [0.717, 1.165) is 23.7 Å². The first kappa shape index (κ1) is 22.5. The molecule has 5 nitrogen and oxygen atoms in total. The fourth-order valence-corrected chi connectivity index (χ4v) is 6.02. The van der Waals surface area contributed by atoms with Crippen molar-refractivity contribution in [3.05, 3.63) is 18.0 Å². The fraction of sp³-hybridized carbons (Fsp3) is 0.833.